The number of methoxy groups -OCH3 is 1. The number of nitriles is 1. The molecule has 2 N–H and O–H groups in total. The molecule has 1 aromatic heterocycles. The molecule has 0 aliphatic carbocycles. The number of carboxylic acids is 1. The summed E-state index contributed by atoms with van der Waals surface area (Å²) in [4.78, 5) is 24.2. The van der Waals surface area contributed by atoms with Crippen molar-refractivity contribution in [3.05, 3.63) is 88.2 Å². The van der Waals surface area contributed by atoms with E-state index < -0.39 is 11.9 Å². The van der Waals surface area contributed by atoms with Crippen LogP contribution in [0, 0.1) is 25.2 Å². The van der Waals surface area contributed by atoms with E-state index in [1.807, 2.05) is 38.1 Å². The maximum absolute atomic E-state index is 12.6. The number of rotatable bonds is 7. The Hall–Kier alpha value is -4.31. The smallest absolute Gasteiger partial charge is 0.337 e. The van der Waals surface area contributed by atoms with Gasteiger partial charge in [0, 0.05) is 17.9 Å². The lowest BCUT2D eigenvalue weighted by atomic mass is 10.1. The molecule has 0 atom stereocenters. The number of aromatic nitrogens is 1. The van der Waals surface area contributed by atoms with Crippen LogP contribution >= 0.6 is 0 Å². The maximum Gasteiger partial charge on any atom is 0.337 e. The zero-order valence-corrected chi connectivity index (χ0v) is 18.0. The van der Waals surface area contributed by atoms with Gasteiger partial charge in [0.15, 0.2) is 0 Å². The number of hydrogen-bond acceptors (Lipinski definition) is 4. The number of para-hydroxylation sites is 1. The molecular formula is C25H23N3O4. The Bertz CT molecular complexity index is 1230. The SMILES string of the molecule is COc1ccc(CNC(=O)/C(C#N)=C\c2cc(C)n(-c3ccccc3C(=O)O)c2C)cc1. The van der Waals surface area contributed by atoms with Crippen LogP contribution in [0.3, 0.4) is 0 Å². The molecule has 1 heterocycles. The molecule has 0 saturated heterocycles. The van der Waals surface area contributed by atoms with E-state index in [0.717, 1.165) is 22.7 Å². The number of ether oxygens (including phenoxy) is 1. The highest BCUT2D eigenvalue weighted by Gasteiger charge is 2.17. The first-order valence-corrected chi connectivity index (χ1v) is 9.90. The number of amides is 1. The summed E-state index contributed by atoms with van der Waals surface area (Å²) in [7, 11) is 1.58. The number of carboxylic acid groups (broad SMARTS) is 1. The van der Waals surface area contributed by atoms with Gasteiger partial charge in [-0.3, -0.25) is 4.79 Å². The molecule has 0 unspecified atom stereocenters. The van der Waals surface area contributed by atoms with Crippen LogP contribution in [0.5, 0.6) is 5.75 Å². The van der Waals surface area contributed by atoms with Crippen molar-refractivity contribution in [2.75, 3.05) is 7.11 Å². The third kappa shape index (κ3) is 4.71. The molecule has 0 radical (unpaired) electrons. The van der Waals surface area contributed by atoms with E-state index in [1.54, 1.807) is 48.1 Å². The lowest BCUT2D eigenvalue weighted by Gasteiger charge is -2.12. The number of carbonyl (C=O) groups excluding carboxylic acids is 1. The predicted molar refractivity (Wildman–Crippen MR) is 121 cm³/mol. The summed E-state index contributed by atoms with van der Waals surface area (Å²) in [5.41, 5.74) is 3.72. The maximum atomic E-state index is 12.6. The minimum absolute atomic E-state index is 0.0368. The van der Waals surface area contributed by atoms with Gasteiger partial charge in [-0.2, -0.15) is 5.26 Å². The van der Waals surface area contributed by atoms with E-state index in [-0.39, 0.29) is 17.7 Å². The lowest BCUT2D eigenvalue weighted by Crippen LogP contribution is -2.23. The normalized spacial score (nSPS) is 11.0. The van der Waals surface area contributed by atoms with Gasteiger partial charge in [-0.25, -0.2) is 4.79 Å². The van der Waals surface area contributed by atoms with Gasteiger partial charge < -0.3 is 19.7 Å². The number of aryl methyl sites for hydroxylation is 1. The molecule has 0 bridgehead atoms. The summed E-state index contributed by atoms with van der Waals surface area (Å²) in [5, 5.41) is 21.8. The fourth-order valence-electron chi connectivity index (χ4n) is 3.48. The minimum atomic E-state index is -1.03. The van der Waals surface area contributed by atoms with Crippen molar-refractivity contribution in [3.8, 4) is 17.5 Å². The summed E-state index contributed by atoms with van der Waals surface area (Å²) in [6.07, 6.45) is 1.52. The van der Waals surface area contributed by atoms with E-state index in [1.165, 1.54) is 6.08 Å². The largest absolute Gasteiger partial charge is 0.497 e. The zero-order chi connectivity index (χ0) is 23.3. The Balaban J connectivity index is 1.86. The third-order valence-electron chi connectivity index (χ3n) is 5.12. The fraction of sp³-hybridized carbons (Fsp3) is 0.160. The molecule has 3 rings (SSSR count). The van der Waals surface area contributed by atoms with Gasteiger partial charge in [0.2, 0.25) is 0 Å². The second kappa shape index (κ2) is 9.67. The zero-order valence-electron chi connectivity index (χ0n) is 18.0. The van der Waals surface area contributed by atoms with E-state index in [2.05, 4.69) is 5.32 Å². The molecule has 0 aliphatic rings. The molecular weight excluding hydrogens is 406 g/mol. The molecule has 0 aliphatic heterocycles. The number of hydrogen-bond donors (Lipinski definition) is 2. The predicted octanol–water partition coefficient (Wildman–Crippen LogP) is 4.02. The van der Waals surface area contributed by atoms with Crippen LogP contribution in [0.2, 0.25) is 0 Å². The summed E-state index contributed by atoms with van der Waals surface area (Å²) < 4.78 is 6.92. The standard InChI is InChI=1S/C25H23N3O4/c1-16-12-19(17(2)28(16)23-7-5-4-6-22(23)25(30)31)13-20(14-26)24(29)27-15-18-8-10-21(32-3)11-9-18/h4-13H,15H2,1-3H3,(H,27,29)(H,30,31)/b20-13-. The average molecular weight is 429 g/mol. The third-order valence-corrected chi connectivity index (χ3v) is 5.12. The van der Waals surface area contributed by atoms with Crippen LogP contribution in [0.1, 0.15) is 32.9 Å². The van der Waals surface area contributed by atoms with Gasteiger partial charge in [-0.1, -0.05) is 24.3 Å². The highest BCUT2D eigenvalue weighted by molar-refractivity contribution is 6.01. The molecule has 7 nitrogen and oxygen atoms in total. The van der Waals surface area contributed by atoms with Gasteiger partial charge in [0.1, 0.15) is 17.4 Å². The van der Waals surface area contributed by atoms with Crippen LogP contribution in [0.25, 0.3) is 11.8 Å². The van der Waals surface area contributed by atoms with Gasteiger partial charge in [-0.15, -0.1) is 0 Å². The Kier molecular flexibility index (Phi) is 6.76. The van der Waals surface area contributed by atoms with Crippen LogP contribution in [-0.4, -0.2) is 28.7 Å². The molecule has 32 heavy (non-hydrogen) atoms. The average Bonchev–Trinajstić information content (AvgIpc) is 3.08. The molecule has 2 aromatic carbocycles. The molecule has 0 saturated carbocycles. The minimum Gasteiger partial charge on any atom is -0.497 e. The quantitative estimate of drug-likeness (QED) is 0.436. The molecule has 7 heteroatoms. The summed E-state index contributed by atoms with van der Waals surface area (Å²) in [6, 6.07) is 17.7. The van der Waals surface area contributed by atoms with Gasteiger partial charge in [-0.05, 0) is 61.4 Å². The molecule has 0 spiro atoms. The number of nitrogens with one attached hydrogen (secondary N) is 1. The highest BCUT2D eigenvalue weighted by Crippen LogP contribution is 2.25. The van der Waals surface area contributed by atoms with Crippen LogP contribution in [-0.2, 0) is 11.3 Å². The molecule has 3 aromatic rings. The van der Waals surface area contributed by atoms with Gasteiger partial charge in [0.05, 0.1) is 18.4 Å². The topological polar surface area (TPSA) is 104 Å². The summed E-state index contributed by atoms with van der Waals surface area (Å²) >= 11 is 0. The van der Waals surface area contributed by atoms with Crippen LogP contribution in [0.4, 0.5) is 0 Å². The van der Waals surface area contributed by atoms with Crippen molar-refractivity contribution in [1.29, 1.82) is 5.26 Å². The van der Waals surface area contributed by atoms with Crippen molar-refractivity contribution in [2.45, 2.75) is 20.4 Å². The monoisotopic (exact) mass is 429 g/mol. The van der Waals surface area contributed by atoms with Crippen molar-refractivity contribution < 1.29 is 19.4 Å². The van der Waals surface area contributed by atoms with Crippen LogP contribution in [0.15, 0.2) is 60.2 Å². The Labute approximate surface area is 186 Å². The number of carbonyl (C=O) groups is 2. The fourth-order valence-corrected chi connectivity index (χ4v) is 3.48. The van der Waals surface area contributed by atoms with Gasteiger partial charge >= 0.3 is 5.97 Å². The first-order chi connectivity index (χ1) is 15.3. The second-order valence-electron chi connectivity index (χ2n) is 7.18. The first-order valence-electron chi connectivity index (χ1n) is 9.90. The van der Waals surface area contributed by atoms with Crippen molar-refractivity contribution >= 4 is 18.0 Å². The van der Waals surface area contributed by atoms with E-state index in [4.69, 9.17) is 4.74 Å². The van der Waals surface area contributed by atoms with Crippen molar-refractivity contribution in [3.63, 3.8) is 0 Å². The van der Waals surface area contributed by atoms with E-state index in [9.17, 15) is 20.0 Å². The van der Waals surface area contributed by atoms with Crippen LogP contribution < -0.4 is 10.1 Å². The first kappa shape index (κ1) is 22.4. The van der Waals surface area contributed by atoms with E-state index in [0.29, 0.717) is 11.3 Å². The Morgan fingerprint density at radius 3 is 2.47 bits per heavy atom. The Morgan fingerprint density at radius 1 is 1.16 bits per heavy atom. The summed E-state index contributed by atoms with van der Waals surface area (Å²) in [5.74, 6) is -0.794. The molecule has 162 valence electrons. The number of benzene rings is 2. The van der Waals surface area contributed by atoms with Crippen molar-refractivity contribution in [1.82, 2.24) is 9.88 Å². The second-order valence-corrected chi connectivity index (χ2v) is 7.18. The molecule has 1 amide bonds. The molecule has 0 fully saturated rings. The lowest BCUT2D eigenvalue weighted by molar-refractivity contribution is -0.117. The van der Waals surface area contributed by atoms with E-state index >= 15 is 0 Å². The van der Waals surface area contributed by atoms with Gasteiger partial charge in [0.25, 0.3) is 5.91 Å². The Morgan fingerprint density at radius 2 is 1.84 bits per heavy atom. The highest BCUT2D eigenvalue weighted by atomic mass is 16.5. The number of aromatic carboxylic acids is 1. The number of nitrogens with zero attached hydrogens (tertiary/aromatic N) is 2. The van der Waals surface area contributed by atoms with Crippen molar-refractivity contribution in [2.24, 2.45) is 0 Å². The summed E-state index contributed by atoms with van der Waals surface area (Å²) in [6.45, 7) is 3.94.